The van der Waals surface area contributed by atoms with Crippen molar-refractivity contribution in [2.75, 3.05) is 33.7 Å². The van der Waals surface area contributed by atoms with Crippen LogP contribution in [0, 0.1) is 5.82 Å². The first kappa shape index (κ1) is 24.2. The number of carbonyl (C=O) groups excluding carboxylic acids is 1. The summed E-state index contributed by atoms with van der Waals surface area (Å²) in [5.41, 5.74) is 0.934. The molecular weight excluding hydrogens is 450 g/mol. The minimum Gasteiger partial charge on any atom is -0.486 e. The number of aliphatic imine (C=N–C) groups is 1. The van der Waals surface area contributed by atoms with Crippen LogP contribution in [-0.4, -0.2) is 56.6 Å². The summed E-state index contributed by atoms with van der Waals surface area (Å²) in [4.78, 5) is 17.4. The summed E-state index contributed by atoms with van der Waals surface area (Å²) in [6.07, 6.45) is -0.293. The summed E-state index contributed by atoms with van der Waals surface area (Å²) in [7, 11) is 3.35. The lowest BCUT2D eigenvalue weighted by atomic mass is 10.3. The van der Waals surface area contributed by atoms with Crippen LogP contribution in [0.3, 0.4) is 0 Å². The van der Waals surface area contributed by atoms with E-state index < -0.39 is 5.82 Å². The molecule has 0 spiro atoms. The summed E-state index contributed by atoms with van der Waals surface area (Å²) < 4.78 is 19.2. The van der Waals surface area contributed by atoms with Crippen molar-refractivity contribution in [3.63, 3.8) is 0 Å². The second-order valence-electron chi connectivity index (χ2n) is 6.00. The van der Waals surface area contributed by atoms with Gasteiger partial charge in [-0.2, -0.15) is 0 Å². The molecule has 1 unspecified atom stereocenters. The van der Waals surface area contributed by atoms with Crippen molar-refractivity contribution in [2.24, 2.45) is 4.99 Å². The first-order chi connectivity index (χ1) is 11.8. The Balaban J connectivity index is 0.00000625. The van der Waals surface area contributed by atoms with E-state index in [1.54, 1.807) is 32.3 Å². The molecule has 0 fully saturated rings. The summed E-state index contributed by atoms with van der Waals surface area (Å²) in [5.74, 6) is 0.169. The lowest BCUT2D eigenvalue weighted by Crippen LogP contribution is -2.43. The van der Waals surface area contributed by atoms with Crippen LogP contribution < -0.4 is 15.4 Å². The zero-order valence-corrected chi connectivity index (χ0v) is 18.0. The van der Waals surface area contributed by atoms with Gasteiger partial charge >= 0.3 is 0 Å². The van der Waals surface area contributed by atoms with Crippen LogP contribution in [-0.2, 0) is 4.79 Å². The fourth-order valence-corrected chi connectivity index (χ4v) is 1.74. The predicted octanol–water partition coefficient (Wildman–Crippen LogP) is 2.41. The first-order valence-corrected chi connectivity index (χ1v) is 8.07. The molecule has 0 bridgehead atoms. The zero-order valence-electron chi connectivity index (χ0n) is 15.7. The van der Waals surface area contributed by atoms with Gasteiger partial charge in [0.15, 0.2) is 17.5 Å². The van der Waals surface area contributed by atoms with E-state index in [0.29, 0.717) is 19.0 Å². The van der Waals surface area contributed by atoms with Gasteiger partial charge in [0.2, 0.25) is 5.91 Å². The fourth-order valence-electron chi connectivity index (χ4n) is 1.74. The molecule has 1 amide bonds. The molecule has 0 aromatic heterocycles. The van der Waals surface area contributed by atoms with Crippen LogP contribution in [0.5, 0.6) is 5.75 Å². The minimum atomic E-state index is -0.403. The fraction of sp³-hybridized carbons (Fsp3) is 0.444. The third-order valence-electron chi connectivity index (χ3n) is 3.15. The van der Waals surface area contributed by atoms with E-state index in [9.17, 15) is 9.18 Å². The largest absolute Gasteiger partial charge is 0.486 e. The van der Waals surface area contributed by atoms with Gasteiger partial charge in [-0.1, -0.05) is 24.3 Å². The third-order valence-corrected chi connectivity index (χ3v) is 3.15. The Morgan fingerprint density at radius 1 is 1.35 bits per heavy atom. The van der Waals surface area contributed by atoms with Gasteiger partial charge < -0.3 is 20.3 Å². The Hall–Kier alpha value is -1.84. The van der Waals surface area contributed by atoms with Crippen molar-refractivity contribution in [3.8, 4) is 5.75 Å². The van der Waals surface area contributed by atoms with Gasteiger partial charge in [-0.05, 0) is 26.0 Å². The molecule has 146 valence electrons. The highest BCUT2D eigenvalue weighted by atomic mass is 127. The summed E-state index contributed by atoms with van der Waals surface area (Å²) in [5, 5.41) is 6.17. The number of guanidine groups is 1. The van der Waals surface area contributed by atoms with E-state index in [1.807, 2.05) is 13.8 Å². The normalized spacial score (nSPS) is 11.8. The molecule has 2 N–H and O–H groups in total. The smallest absolute Gasteiger partial charge is 0.243 e. The van der Waals surface area contributed by atoms with Gasteiger partial charge in [0.1, 0.15) is 12.6 Å². The molecule has 0 saturated heterocycles. The number of para-hydroxylation sites is 1. The maximum absolute atomic E-state index is 13.6. The first-order valence-electron chi connectivity index (χ1n) is 8.07. The van der Waals surface area contributed by atoms with Crippen molar-refractivity contribution in [1.82, 2.24) is 15.5 Å². The molecule has 1 aromatic rings. The van der Waals surface area contributed by atoms with Gasteiger partial charge in [-0.25, -0.2) is 9.38 Å². The average molecular weight is 478 g/mol. The van der Waals surface area contributed by atoms with E-state index in [4.69, 9.17) is 4.74 Å². The van der Waals surface area contributed by atoms with E-state index >= 15 is 0 Å². The number of nitrogens with one attached hydrogen (secondary N) is 2. The Labute approximate surface area is 171 Å². The standard InChI is InChI=1S/C18H27FN4O2.HI/c1-13(2)10-20-18(22-12-17(24)23(4)5)21-11-14(3)25-16-9-7-6-8-15(16)19;/h6-9,14H,1,10-12H2,2-5H3,(H2,20,21,22);1H. The molecule has 0 saturated carbocycles. The Morgan fingerprint density at radius 3 is 2.58 bits per heavy atom. The summed E-state index contributed by atoms with van der Waals surface area (Å²) >= 11 is 0. The SMILES string of the molecule is C=C(C)CNC(=NCC(=O)N(C)C)NCC(C)Oc1ccccc1F.I. The number of hydrogen-bond donors (Lipinski definition) is 2. The van der Waals surface area contributed by atoms with Gasteiger partial charge in [-0.15, -0.1) is 24.0 Å². The van der Waals surface area contributed by atoms with Gasteiger partial charge in [0.05, 0.1) is 6.54 Å². The van der Waals surface area contributed by atoms with Crippen molar-refractivity contribution in [3.05, 3.63) is 42.2 Å². The molecule has 1 rings (SSSR count). The molecule has 0 heterocycles. The molecule has 6 nitrogen and oxygen atoms in total. The molecule has 1 atom stereocenters. The summed E-state index contributed by atoms with van der Waals surface area (Å²) in [6, 6.07) is 6.26. The number of nitrogens with zero attached hydrogens (tertiary/aromatic N) is 2. The molecule has 8 heteroatoms. The number of rotatable bonds is 8. The highest BCUT2D eigenvalue weighted by molar-refractivity contribution is 14.0. The number of ether oxygens (including phenoxy) is 1. The van der Waals surface area contributed by atoms with E-state index in [1.165, 1.54) is 11.0 Å². The molecule has 26 heavy (non-hydrogen) atoms. The van der Waals surface area contributed by atoms with Crippen molar-refractivity contribution in [2.45, 2.75) is 20.0 Å². The molecular formula is C18H28FIN4O2. The maximum atomic E-state index is 13.6. The molecule has 0 aliphatic carbocycles. The second-order valence-corrected chi connectivity index (χ2v) is 6.00. The minimum absolute atomic E-state index is 0. The lowest BCUT2D eigenvalue weighted by molar-refractivity contribution is -0.127. The highest BCUT2D eigenvalue weighted by Gasteiger charge is 2.10. The Bertz CT molecular complexity index is 623. The topological polar surface area (TPSA) is 66.0 Å². The van der Waals surface area contributed by atoms with Gasteiger partial charge in [0, 0.05) is 20.6 Å². The number of halogens is 2. The molecule has 1 aromatic carbocycles. The Kier molecular flexibility index (Phi) is 11.6. The van der Waals surface area contributed by atoms with Crippen molar-refractivity contribution >= 4 is 35.8 Å². The number of likely N-dealkylation sites (N-methyl/N-ethyl adjacent to an activating group) is 1. The van der Waals surface area contributed by atoms with E-state index in [2.05, 4.69) is 22.2 Å². The van der Waals surface area contributed by atoms with E-state index in [-0.39, 0.29) is 48.3 Å². The highest BCUT2D eigenvalue weighted by Crippen LogP contribution is 2.16. The van der Waals surface area contributed by atoms with E-state index in [0.717, 1.165) is 5.57 Å². The van der Waals surface area contributed by atoms with Crippen LogP contribution >= 0.6 is 24.0 Å². The maximum Gasteiger partial charge on any atom is 0.243 e. The predicted molar refractivity (Wildman–Crippen MR) is 114 cm³/mol. The van der Waals surface area contributed by atoms with Gasteiger partial charge in [-0.3, -0.25) is 4.79 Å². The van der Waals surface area contributed by atoms with Crippen LogP contribution in [0.25, 0.3) is 0 Å². The molecule has 0 aliphatic rings. The lowest BCUT2D eigenvalue weighted by Gasteiger charge is -2.18. The number of amides is 1. The average Bonchev–Trinajstić information content (AvgIpc) is 2.55. The van der Waals surface area contributed by atoms with Crippen molar-refractivity contribution in [1.29, 1.82) is 0 Å². The van der Waals surface area contributed by atoms with Crippen LogP contribution in [0.2, 0.25) is 0 Å². The number of hydrogen-bond acceptors (Lipinski definition) is 3. The van der Waals surface area contributed by atoms with Gasteiger partial charge in [0.25, 0.3) is 0 Å². The molecule has 0 aliphatic heterocycles. The quantitative estimate of drug-likeness (QED) is 0.261. The second kappa shape index (κ2) is 12.5. The summed E-state index contributed by atoms with van der Waals surface area (Å²) in [6.45, 7) is 8.49. The number of carbonyl (C=O) groups is 1. The van der Waals surface area contributed by atoms with Crippen LogP contribution in [0.15, 0.2) is 41.4 Å². The Morgan fingerprint density at radius 2 is 2.00 bits per heavy atom. The van der Waals surface area contributed by atoms with Crippen LogP contribution in [0.4, 0.5) is 4.39 Å². The monoisotopic (exact) mass is 478 g/mol. The number of benzene rings is 1. The third kappa shape index (κ3) is 9.59. The van der Waals surface area contributed by atoms with Crippen LogP contribution in [0.1, 0.15) is 13.8 Å². The molecule has 0 radical (unpaired) electrons. The zero-order chi connectivity index (χ0) is 18.8. The van der Waals surface area contributed by atoms with Crippen molar-refractivity contribution < 1.29 is 13.9 Å².